The number of hydrogen-bond acceptors (Lipinski definition) is 5. The number of phosphoric acid groups is 1. The zero-order valence-corrected chi connectivity index (χ0v) is 10.2. The Morgan fingerprint density at radius 1 is 1.58 bits per heavy atom. The molecule has 0 aromatic rings. The zero-order valence-electron chi connectivity index (χ0n) is 6.21. The average molecular weight is 224 g/mol. The SMILES string of the molecule is O=C([O-])[C@H](O)COP(=O)(O)O.[K+]. The van der Waals surface area contributed by atoms with E-state index in [1.165, 1.54) is 0 Å². The van der Waals surface area contributed by atoms with E-state index in [1.807, 2.05) is 0 Å². The van der Waals surface area contributed by atoms with Gasteiger partial charge in [0, 0.05) is 0 Å². The minimum atomic E-state index is -4.71. The summed E-state index contributed by atoms with van der Waals surface area (Å²) in [6.07, 6.45) is -2.03. The molecule has 0 heterocycles. The van der Waals surface area contributed by atoms with Crippen LogP contribution in [0.2, 0.25) is 0 Å². The van der Waals surface area contributed by atoms with Crippen molar-refractivity contribution in [1.82, 2.24) is 0 Å². The molecule has 0 aromatic heterocycles. The largest absolute Gasteiger partial charge is 1.00 e. The van der Waals surface area contributed by atoms with Gasteiger partial charge in [-0.2, -0.15) is 0 Å². The van der Waals surface area contributed by atoms with Crippen LogP contribution in [-0.4, -0.2) is 33.6 Å². The van der Waals surface area contributed by atoms with E-state index in [0.29, 0.717) is 0 Å². The smallest absolute Gasteiger partial charge is 0.547 e. The number of carboxylic acid groups (broad SMARTS) is 1. The number of aliphatic hydroxyl groups excluding tert-OH is 1. The summed E-state index contributed by atoms with van der Waals surface area (Å²) < 4.78 is 13.6. The van der Waals surface area contributed by atoms with Gasteiger partial charge >= 0.3 is 59.2 Å². The molecule has 1 atom stereocenters. The van der Waals surface area contributed by atoms with Crippen molar-refractivity contribution in [3.63, 3.8) is 0 Å². The van der Waals surface area contributed by atoms with Crippen LogP contribution in [0.15, 0.2) is 0 Å². The van der Waals surface area contributed by atoms with Crippen LogP contribution in [0, 0.1) is 0 Å². The summed E-state index contributed by atoms with van der Waals surface area (Å²) >= 11 is 0. The first-order valence-corrected chi connectivity index (χ1v) is 3.95. The summed E-state index contributed by atoms with van der Waals surface area (Å²) in [7, 11) is -4.71. The molecular formula is C3H6KO7P. The third-order valence-electron chi connectivity index (χ3n) is 0.673. The van der Waals surface area contributed by atoms with E-state index in [9.17, 15) is 14.5 Å². The van der Waals surface area contributed by atoms with Crippen LogP contribution in [0.4, 0.5) is 0 Å². The van der Waals surface area contributed by atoms with Crippen LogP contribution in [-0.2, 0) is 13.9 Å². The van der Waals surface area contributed by atoms with Crippen LogP contribution in [0.3, 0.4) is 0 Å². The van der Waals surface area contributed by atoms with E-state index < -0.39 is 26.5 Å². The topological polar surface area (TPSA) is 127 Å². The molecule has 0 spiro atoms. The van der Waals surface area contributed by atoms with Crippen molar-refractivity contribution in [2.45, 2.75) is 6.10 Å². The van der Waals surface area contributed by atoms with Crippen molar-refractivity contribution < 1.29 is 85.3 Å². The molecule has 0 radical (unpaired) electrons. The predicted octanol–water partition coefficient (Wildman–Crippen LogP) is -5.79. The Bertz CT molecular complexity index is 187. The fourth-order valence-electron chi connectivity index (χ4n) is 0.236. The summed E-state index contributed by atoms with van der Waals surface area (Å²) in [6, 6.07) is 0. The second-order valence-electron chi connectivity index (χ2n) is 1.62. The number of carbonyl (C=O) groups excluding carboxylic acids is 1. The Labute approximate surface area is 110 Å². The van der Waals surface area contributed by atoms with Gasteiger partial charge in [-0.15, -0.1) is 0 Å². The van der Waals surface area contributed by atoms with E-state index in [0.717, 1.165) is 0 Å². The maximum atomic E-state index is 9.91. The second-order valence-corrected chi connectivity index (χ2v) is 2.86. The monoisotopic (exact) mass is 224 g/mol. The van der Waals surface area contributed by atoms with E-state index in [1.54, 1.807) is 0 Å². The van der Waals surface area contributed by atoms with Crippen molar-refractivity contribution >= 4 is 13.8 Å². The molecule has 0 aliphatic heterocycles. The normalized spacial score (nSPS) is 13.2. The molecule has 0 saturated carbocycles. The van der Waals surface area contributed by atoms with Gasteiger partial charge in [0.15, 0.2) is 0 Å². The van der Waals surface area contributed by atoms with E-state index in [-0.39, 0.29) is 51.4 Å². The van der Waals surface area contributed by atoms with Gasteiger partial charge in [0.25, 0.3) is 0 Å². The van der Waals surface area contributed by atoms with E-state index in [4.69, 9.17) is 14.9 Å². The van der Waals surface area contributed by atoms with Crippen molar-refractivity contribution in [2.75, 3.05) is 6.61 Å². The molecule has 0 aliphatic rings. The summed E-state index contributed by atoms with van der Waals surface area (Å²) in [5.41, 5.74) is 0. The standard InChI is InChI=1S/C3H7O7P.K/c4-2(3(5)6)1-10-11(7,8)9;/h2,4H,1H2,(H,5,6)(H2,7,8,9);/q;+1/p-1/t2-;/m1./s1. The molecule has 0 unspecified atom stereocenters. The Balaban J connectivity index is 0. The molecule has 3 N–H and O–H groups in total. The summed E-state index contributed by atoms with van der Waals surface area (Å²) in [5.74, 6) is -1.85. The first-order chi connectivity index (χ1) is 4.83. The molecule has 0 fully saturated rings. The minimum absolute atomic E-state index is 0. The zero-order chi connectivity index (χ0) is 9.07. The third-order valence-corrected chi connectivity index (χ3v) is 1.16. The van der Waals surface area contributed by atoms with Crippen molar-refractivity contribution in [1.29, 1.82) is 0 Å². The molecule has 0 saturated heterocycles. The Morgan fingerprint density at radius 2 is 2.00 bits per heavy atom. The van der Waals surface area contributed by atoms with Gasteiger partial charge in [-0.05, 0) is 0 Å². The second kappa shape index (κ2) is 6.60. The third kappa shape index (κ3) is 9.27. The quantitative estimate of drug-likeness (QED) is 0.320. The van der Waals surface area contributed by atoms with Crippen LogP contribution in [0.1, 0.15) is 0 Å². The fourth-order valence-corrected chi connectivity index (χ4v) is 0.571. The molecule has 0 amide bonds. The number of rotatable bonds is 4. The number of hydrogen-bond donors (Lipinski definition) is 3. The molecular weight excluding hydrogens is 218 g/mol. The molecule has 9 heteroatoms. The van der Waals surface area contributed by atoms with E-state index >= 15 is 0 Å². The summed E-state index contributed by atoms with van der Waals surface area (Å²) in [6.45, 7) is -0.993. The van der Waals surface area contributed by atoms with Gasteiger partial charge in [-0.3, -0.25) is 4.52 Å². The van der Waals surface area contributed by atoms with Crippen LogP contribution in [0.25, 0.3) is 0 Å². The molecule has 7 nitrogen and oxygen atoms in total. The Hall–Kier alpha value is 1.18. The average Bonchev–Trinajstić information content (AvgIpc) is 1.80. The van der Waals surface area contributed by atoms with Crippen molar-refractivity contribution in [2.24, 2.45) is 0 Å². The molecule has 0 aromatic carbocycles. The first-order valence-electron chi connectivity index (χ1n) is 2.42. The van der Waals surface area contributed by atoms with Gasteiger partial charge in [-0.1, -0.05) is 0 Å². The Morgan fingerprint density at radius 3 is 2.25 bits per heavy atom. The molecule has 0 rings (SSSR count). The first kappa shape index (κ1) is 15.6. The van der Waals surface area contributed by atoms with Gasteiger partial charge in [0.05, 0.1) is 12.6 Å². The van der Waals surface area contributed by atoms with Crippen molar-refractivity contribution in [3.8, 4) is 0 Å². The van der Waals surface area contributed by atoms with Crippen LogP contribution in [0.5, 0.6) is 0 Å². The Kier molecular flexibility index (Phi) is 8.61. The number of carboxylic acids is 1. The van der Waals surface area contributed by atoms with Crippen molar-refractivity contribution in [3.05, 3.63) is 0 Å². The number of phosphoric ester groups is 1. The molecule has 66 valence electrons. The van der Waals surface area contributed by atoms with E-state index in [2.05, 4.69) is 4.52 Å². The summed E-state index contributed by atoms with van der Waals surface area (Å²) in [5, 5.41) is 18.1. The number of carbonyl (C=O) groups is 1. The van der Waals surface area contributed by atoms with Gasteiger partial charge in [0.1, 0.15) is 6.10 Å². The molecule has 12 heavy (non-hydrogen) atoms. The number of aliphatic carboxylic acids is 1. The number of aliphatic hydroxyl groups is 1. The van der Waals surface area contributed by atoms with Crippen LogP contribution >= 0.6 is 7.82 Å². The fraction of sp³-hybridized carbons (Fsp3) is 0.667. The molecule has 0 bridgehead atoms. The maximum absolute atomic E-state index is 9.91. The van der Waals surface area contributed by atoms with Gasteiger partial charge in [-0.25, -0.2) is 4.57 Å². The molecule has 0 aliphatic carbocycles. The predicted molar refractivity (Wildman–Crippen MR) is 29.0 cm³/mol. The van der Waals surface area contributed by atoms with Gasteiger partial charge < -0.3 is 24.8 Å². The van der Waals surface area contributed by atoms with Gasteiger partial charge in [0.2, 0.25) is 0 Å². The minimum Gasteiger partial charge on any atom is -0.547 e. The maximum Gasteiger partial charge on any atom is 1.00 e. The van der Waals surface area contributed by atoms with Crippen LogP contribution < -0.4 is 56.5 Å². The summed E-state index contributed by atoms with van der Waals surface area (Å²) in [4.78, 5) is 25.7.